The third kappa shape index (κ3) is 3.94. The van der Waals surface area contributed by atoms with E-state index in [1.807, 2.05) is 12.1 Å². The van der Waals surface area contributed by atoms with Crippen molar-refractivity contribution in [2.24, 2.45) is 5.92 Å². The zero-order valence-electron chi connectivity index (χ0n) is 11.5. The van der Waals surface area contributed by atoms with E-state index in [0.717, 1.165) is 12.2 Å². The molecule has 0 heterocycles. The molecule has 1 aromatic rings. The molecule has 0 atom stereocenters. The number of ether oxygens (including phenoxy) is 1. The quantitative estimate of drug-likeness (QED) is 0.761. The highest BCUT2D eigenvalue weighted by Crippen LogP contribution is 2.36. The Bertz CT molecular complexity index is 447. The molecule has 1 fully saturated rings. The van der Waals surface area contributed by atoms with Gasteiger partial charge in [-0.2, -0.15) is 5.26 Å². The normalized spacial score (nSPS) is 23.4. The van der Waals surface area contributed by atoms with Gasteiger partial charge in [0.15, 0.2) is 0 Å². The highest BCUT2D eigenvalue weighted by molar-refractivity contribution is 5.33. The molecule has 2 nitrogen and oxygen atoms in total. The fourth-order valence-corrected chi connectivity index (χ4v) is 2.82. The largest absolute Gasteiger partial charge is 0.381 e. The van der Waals surface area contributed by atoms with Crippen molar-refractivity contribution in [3.8, 4) is 6.07 Å². The first-order valence-electron chi connectivity index (χ1n) is 6.99. The van der Waals surface area contributed by atoms with Crippen LogP contribution in [0.3, 0.4) is 0 Å². The Kier molecular flexibility index (Phi) is 5.18. The molecule has 1 aliphatic carbocycles. The summed E-state index contributed by atoms with van der Waals surface area (Å²) in [5.41, 5.74) is 2.14. The third-order valence-electron chi connectivity index (χ3n) is 3.95. The van der Waals surface area contributed by atoms with Crippen molar-refractivity contribution in [3.63, 3.8) is 0 Å². The highest BCUT2D eigenvalue weighted by Gasteiger charge is 2.20. The van der Waals surface area contributed by atoms with E-state index in [4.69, 9.17) is 10.00 Å². The zero-order chi connectivity index (χ0) is 13.5. The second kappa shape index (κ2) is 7.11. The summed E-state index contributed by atoms with van der Waals surface area (Å²) in [5.74, 6) is 1.38. The molecule has 0 saturated heterocycles. The molecular weight excluding hydrogens is 234 g/mol. The first-order chi connectivity index (χ1) is 9.33. The molecule has 2 rings (SSSR count). The van der Waals surface area contributed by atoms with Gasteiger partial charge >= 0.3 is 0 Å². The number of benzene rings is 1. The maximum atomic E-state index is 8.81. The van der Waals surface area contributed by atoms with Gasteiger partial charge in [-0.05, 0) is 55.2 Å². The smallest absolute Gasteiger partial charge is 0.0991 e. The van der Waals surface area contributed by atoms with E-state index in [1.54, 1.807) is 7.11 Å². The summed E-state index contributed by atoms with van der Waals surface area (Å²) in [6.07, 6.45) is 9.43. The lowest BCUT2D eigenvalue weighted by molar-refractivity contribution is 0.233. The third-order valence-corrected chi connectivity index (χ3v) is 3.95. The molecule has 2 heteroatoms. The standard InChI is InChI=1S/C17H21NO/c1-19-12-2-3-14-4-8-16(9-5-14)17-10-6-15(13-18)7-11-17/h2-3,6-7,10-11,14,16H,4-5,8-9,12H2,1H3. The van der Waals surface area contributed by atoms with Crippen molar-refractivity contribution in [2.75, 3.05) is 13.7 Å². The molecule has 1 saturated carbocycles. The van der Waals surface area contributed by atoms with Gasteiger partial charge in [-0.1, -0.05) is 24.3 Å². The maximum Gasteiger partial charge on any atom is 0.0991 e. The van der Waals surface area contributed by atoms with Crippen LogP contribution in [0.1, 0.15) is 42.7 Å². The van der Waals surface area contributed by atoms with E-state index < -0.39 is 0 Å². The Morgan fingerprint density at radius 1 is 1.21 bits per heavy atom. The van der Waals surface area contributed by atoms with Crippen LogP contribution >= 0.6 is 0 Å². The second-order valence-electron chi connectivity index (χ2n) is 5.23. The van der Waals surface area contributed by atoms with Gasteiger partial charge in [-0.25, -0.2) is 0 Å². The van der Waals surface area contributed by atoms with Crippen LogP contribution in [0.2, 0.25) is 0 Å². The Morgan fingerprint density at radius 2 is 1.89 bits per heavy atom. The van der Waals surface area contributed by atoms with E-state index in [0.29, 0.717) is 11.8 Å². The van der Waals surface area contributed by atoms with Gasteiger partial charge in [-0.3, -0.25) is 0 Å². The van der Waals surface area contributed by atoms with Crippen molar-refractivity contribution < 1.29 is 4.74 Å². The van der Waals surface area contributed by atoms with Gasteiger partial charge in [0.05, 0.1) is 18.2 Å². The zero-order valence-corrected chi connectivity index (χ0v) is 11.5. The average Bonchev–Trinajstić information content (AvgIpc) is 2.48. The van der Waals surface area contributed by atoms with Gasteiger partial charge in [0.25, 0.3) is 0 Å². The maximum absolute atomic E-state index is 8.81. The Labute approximate surface area is 115 Å². The lowest BCUT2D eigenvalue weighted by atomic mass is 9.78. The van der Waals surface area contributed by atoms with Crippen LogP contribution in [-0.4, -0.2) is 13.7 Å². The van der Waals surface area contributed by atoms with E-state index >= 15 is 0 Å². The SMILES string of the molecule is COCC=CC1CCC(c2ccc(C#N)cc2)CC1. The van der Waals surface area contributed by atoms with E-state index in [1.165, 1.54) is 31.2 Å². The van der Waals surface area contributed by atoms with E-state index in [2.05, 4.69) is 30.4 Å². The number of rotatable bonds is 4. The average molecular weight is 255 g/mol. The lowest BCUT2D eigenvalue weighted by Gasteiger charge is -2.27. The van der Waals surface area contributed by atoms with Crippen molar-refractivity contribution >= 4 is 0 Å². The van der Waals surface area contributed by atoms with Crippen LogP contribution in [0.4, 0.5) is 0 Å². The van der Waals surface area contributed by atoms with Gasteiger partial charge in [0, 0.05) is 7.11 Å². The van der Waals surface area contributed by atoms with Crippen LogP contribution in [0, 0.1) is 17.2 Å². The fraction of sp³-hybridized carbons (Fsp3) is 0.471. The number of hydrogen-bond acceptors (Lipinski definition) is 2. The predicted molar refractivity (Wildman–Crippen MR) is 76.9 cm³/mol. The molecule has 0 amide bonds. The topological polar surface area (TPSA) is 33.0 Å². The van der Waals surface area contributed by atoms with Crippen LogP contribution in [0.15, 0.2) is 36.4 Å². The molecule has 0 bridgehead atoms. The monoisotopic (exact) mass is 255 g/mol. The molecule has 1 aliphatic rings. The number of nitrogens with zero attached hydrogens (tertiary/aromatic N) is 1. The molecule has 0 radical (unpaired) electrons. The molecular formula is C17H21NO. The summed E-state index contributed by atoms with van der Waals surface area (Å²) in [4.78, 5) is 0. The first kappa shape index (κ1) is 13.8. The lowest BCUT2D eigenvalue weighted by Crippen LogP contribution is -2.11. The molecule has 100 valence electrons. The highest BCUT2D eigenvalue weighted by atomic mass is 16.5. The second-order valence-corrected chi connectivity index (χ2v) is 5.23. The number of methoxy groups -OCH3 is 1. The van der Waals surface area contributed by atoms with E-state index in [-0.39, 0.29) is 0 Å². The van der Waals surface area contributed by atoms with Crippen LogP contribution in [0.25, 0.3) is 0 Å². The number of nitriles is 1. The summed E-state index contributed by atoms with van der Waals surface area (Å²) >= 11 is 0. The molecule has 0 aliphatic heterocycles. The predicted octanol–water partition coefficient (Wildman–Crippen LogP) is 4.03. The number of allylic oxidation sites excluding steroid dienone is 1. The van der Waals surface area contributed by atoms with Gasteiger partial charge in [-0.15, -0.1) is 0 Å². The molecule has 0 aromatic heterocycles. The summed E-state index contributed by atoms with van der Waals surface area (Å²) < 4.78 is 5.03. The Morgan fingerprint density at radius 3 is 2.47 bits per heavy atom. The molecule has 0 unspecified atom stereocenters. The van der Waals surface area contributed by atoms with Crippen molar-refractivity contribution in [3.05, 3.63) is 47.5 Å². The first-order valence-corrected chi connectivity index (χ1v) is 6.99. The summed E-state index contributed by atoms with van der Waals surface area (Å²) in [5, 5.41) is 8.81. The minimum absolute atomic E-state index is 0.666. The summed E-state index contributed by atoms with van der Waals surface area (Å²) in [6.45, 7) is 0.718. The molecule has 1 aromatic carbocycles. The minimum Gasteiger partial charge on any atom is -0.381 e. The van der Waals surface area contributed by atoms with Crippen LogP contribution in [-0.2, 0) is 4.74 Å². The molecule has 0 N–H and O–H groups in total. The van der Waals surface area contributed by atoms with Crippen molar-refractivity contribution in [2.45, 2.75) is 31.6 Å². The van der Waals surface area contributed by atoms with Crippen molar-refractivity contribution in [1.82, 2.24) is 0 Å². The minimum atomic E-state index is 0.666. The Balaban J connectivity index is 1.87. The van der Waals surface area contributed by atoms with Crippen molar-refractivity contribution in [1.29, 1.82) is 5.26 Å². The van der Waals surface area contributed by atoms with Crippen LogP contribution in [0.5, 0.6) is 0 Å². The molecule has 0 spiro atoms. The van der Waals surface area contributed by atoms with Gasteiger partial charge in [0.1, 0.15) is 0 Å². The summed E-state index contributed by atoms with van der Waals surface area (Å²) in [6, 6.07) is 10.3. The molecule has 19 heavy (non-hydrogen) atoms. The fourth-order valence-electron chi connectivity index (χ4n) is 2.82. The Hall–Kier alpha value is -1.59. The van der Waals surface area contributed by atoms with Gasteiger partial charge < -0.3 is 4.74 Å². The number of hydrogen-bond donors (Lipinski definition) is 0. The van der Waals surface area contributed by atoms with Crippen LogP contribution < -0.4 is 0 Å². The summed E-state index contributed by atoms with van der Waals surface area (Å²) in [7, 11) is 1.73. The van der Waals surface area contributed by atoms with Gasteiger partial charge in [0.2, 0.25) is 0 Å². The van der Waals surface area contributed by atoms with E-state index in [9.17, 15) is 0 Å².